The molecule has 0 fully saturated rings. The van der Waals surface area contributed by atoms with Crippen molar-refractivity contribution >= 4 is 87.2 Å². The second-order valence-electron chi connectivity index (χ2n) is 30.8. The zero-order chi connectivity index (χ0) is 71.4. The Bertz CT molecular complexity index is 5830. The first-order chi connectivity index (χ1) is 52.9. The SMILES string of the molecule is Cc1ccc2c(c1)C(CCCCCCCCc1ccc3c(c1)c1ccccc1n3-c1ccc(-c3ccc(-n4c5ccccc5c5ccccc54)cc3)cc1)(CCCCCCCCc1ccc3c(c1)c1ccccc1n3-c1ccc(-c3ccc(-n4c5ccccc5c5ccccc54)cc3)cc1)c1cc(C)ccc1-2. The lowest BCUT2D eigenvalue weighted by Crippen LogP contribution is -2.25. The first-order valence-corrected chi connectivity index (χ1v) is 39.5. The van der Waals surface area contributed by atoms with E-state index in [0.29, 0.717) is 0 Å². The zero-order valence-corrected chi connectivity index (χ0v) is 61.6. The van der Waals surface area contributed by atoms with Crippen LogP contribution in [-0.4, -0.2) is 18.3 Å². The molecule has 0 unspecified atom stereocenters. The minimum atomic E-state index is 0.0759. The molecule has 0 saturated carbocycles. The zero-order valence-electron chi connectivity index (χ0n) is 61.6. The van der Waals surface area contributed by atoms with Gasteiger partial charge in [0, 0.05) is 71.3 Å². The van der Waals surface area contributed by atoms with Crippen molar-refractivity contribution in [3.63, 3.8) is 0 Å². The second-order valence-corrected chi connectivity index (χ2v) is 30.8. The number of para-hydroxylation sites is 6. The summed E-state index contributed by atoms with van der Waals surface area (Å²) in [6.07, 6.45) is 20.0. The molecule has 0 spiro atoms. The standard InChI is InChI=1S/C103H90N4/c1-71-41-61-83-84-62-42-72(2)68-94(84)103(93(83)67-71,65-25-9-5-3-7-11-27-73-43-63-101-91(69-73)89-33-17-23-39-99(89)106(101)81-57-49-77(50-58-81)75-45-53-79(54-46-75)104-95-35-19-13-29-85(95)86-30-14-20-36-96(86)104)66-26-10-6-4-8-12-28-74-44-64-102-92(70-74)90-34-18-24-40-100(90)107(102)82-59-51-78(52-60-82)76-47-55-80(56-48-76)105-97-37-21-15-31-87(97)88-32-16-22-38-98(88)105/h13-24,29-64,67-70H,3-12,25-28,65-66H2,1-2H3. The summed E-state index contributed by atoms with van der Waals surface area (Å²) in [5.41, 5.74) is 31.4. The smallest absolute Gasteiger partial charge is 0.0541 e. The average Bonchev–Trinajstić information content (AvgIpc) is 1.57. The predicted octanol–water partition coefficient (Wildman–Crippen LogP) is 28.2. The van der Waals surface area contributed by atoms with Crippen LogP contribution in [0, 0.1) is 13.8 Å². The summed E-state index contributed by atoms with van der Waals surface area (Å²) >= 11 is 0. The summed E-state index contributed by atoms with van der Waals surface area (Å²) in [6, 6.07) is 118. The van der Waals surface area contributed by atoms with Crippen LogP contribution in [0.2, 0.25) is 0 Å². The van der Waals surface area contributed by atoms with Crippen LogP contribution in [0.1, 0.15) is 123 Å². The third kappa shape index (κ3) is 12.0. The van der Waals surface area contributed by atoms with E-state index in [0.717, 1.165) is 12.8 Å². The van der Waals surface area contributed by atoms with Gasteiger partial charge in [-0.2, -0.15) is 0 Å². The highest BCUT2D eigenvalue weighted by molar-refractivity contribution is 6.12. The van der Waals surface area contributed by atoms with Gasteiger partial charge in [-0.3, -0.25) is 0 Å². The van der Waals surface area contributed by atoms with Crippen molar-refractivity contribution in [3.8, 4) is 56.1 Å². The van der Waals surface area contributed by atoms with Crippen LogP contribution in [0.4, 0.5) is 0 Å². The van der Waals surface area contributed by atoms with E-state index in [1.165, 1.54) is 255 Å². The second kappa shape index (κ2) is 28.3. The molecule has 14 aromatic carbocycles. The number of nitrogens with zero attached hydrogens (tertiary/aromatic N) is 4. The van der Waals surface area contributed by atoms with E-state index in [1.807, 2.05) is 0 Å². The molecule has 4 nitrogen and oxygen atoms in total. The molecular formula is C103H90N4. The summed E-state index contributed by atoms with van der Waals surface area (Å²) in [5, 5.41) is 10.5. The average molecular weight is 1380 g/mol. The fourth-order valence-corrected chi connectivity index (χ4v) is 18.8. The van der Waals surface area contributed by atoms with Crippen LogP contribution < -0.4 is 0 Å². The molecule has 0 bridgehead atoms. The Morgan fingerprint density at radius 1 is 0.215 bits per heavy atom. The van der Waals surface area contributed by atoms with Gasteiger partial charge in [-0.1, -0.05) is 282 Å². The number of hydrogen-bond donors (Lipinski definition) is 0. The number of aryl methyl sites for hydroxylation is 4. The number of rotatable bonds is 24. The third-order valence-corrected chi connectivity index (χ3v) is 24.1. The Hall–Kier alpha value is -11.7. The normalized spacial score (nSPS) is 12.7. The predicted molar refractivity (Wildman–Crippen MR) is 455 cm³/mol. The van der Waals surface area contributed by atoms with Gasteiger partial charge in [0.25, 0.3) is 0 Å². The van der Waals surface area contributed by atoms with Crippen LogP contribution in [0.15, 0.2) is 315 Å². The number of benzene rings is 14. The van der Waals surface area contributed by atoms with Gasteiger partial charge in [0.05, 0.1) is 44.1 Å². The van der Waals surface area contributed by atoms with E-state index in [-0.39, 0.29) is 5.41 Å². The number of fused-ring (bicyclic) bond motifs is 15. The molecule has 1 aliphatic carbocycles. The van der Waals surface area contributed by atoms with Gasteiger partial charge in [0.1, 0.15) is 0 Å². The summed E-state index contributed by atoms with van der Waals surface area (Å²) in [5.74, 6) is 0. The molecule has 107 heavy (non-hydrogen) atoms. The maximum Gasteiger partial charge on any atom is 0.0541 e. The molecule has 0 radical (unpaired) electrons. The van der Waals surface area contributed by atoms with Gasteiger partial charge in [0.2, 0.25) is 0 Å². The van der Waals surface area contributed by atoms with E-state index in [9.17, 15) is 0 Å². The highest BCUT2D eigenvalue weighted by Gasteiger charge is 2.42. The van der Waals surface area contributed by atoms with Gasteiger partial charge in [-0.25, -0.2) is 0 Å². The fraction of sp³-hybridized carbons (Fsp3) is 0.184. The Morgan fingerprint density at radius 2 is 0.467 bits per heavy atom. The molecule has 4 aromatic heterocycles. The van der Waals surface area contributed by atoms with Crippen molar-refractivity contribution in [3.05, 3.63) is 349 Å². The summed E-state index contributed by atoms with van der Waals surface area (Å²) in [7, 11) is 0. The molecule has 19 rings (SSSR count). The van der Waals surface area contributed by atoms with E-state index < -0.39 is 0 Å². The Kier molecular flexibility index (Phi) is 17.5. The van der Waals surface area contributed by atoms with Crippen molar-refractivity contribution in [1.82, 2.24) is 18.3 Å². The Morgan fingerprint density at radius 3 is 0.766 bits per heavy atom. The van der Waals surface area contributed by atoms with Crippen molar-refractivity contribution in [2.45, 2.75) is 122 Å². The number of aromatic nitrogens is 4. The van der Waals surface area contributed by atoms with Crippen LogP contribution in [0.5, 0.6) is 0 Å². The Labute approximate surface area is 628 Å². The molecule has 0 aliphatic heterocycles. The molecule has 0 saturated heterocycles. The lowest BCUT2D eigenvalue weighted by Gasteiger charge is -2.33. The monoisotopic (exact) mass is 1380 g/mol. The molecule has 18 aromatic rings. The molecule has 0 atom stereocenters. The number of unbranched alkanes of at least 4 members (excludes halogenated alkanes) is 10. The van der Waals surface area contributed by atoms with Crippen LogP contribution >= 0.6 is 0 Å². The first-order valence-electron chi connectivity index (χ1n) is 39.5. The highest BCUT2D eigenvalue weighted by atomic mass is 15.0. The quantitative estimate of drug-likeness (QED) is 0.0537. The number of hydrogen-bond acceptors (Lipinski definition) is 0. The maximum absolute atomic E-state index is 2.56. The highest BCUT2D eigenvalue weighted by Crippen LogP contribution is 2.55. The molecule has 1 aliphatic rings. The minimum Gasteiger partial charge on any atom is -0.309 e. The van der Waals surface area contributed by atoms with Gasteiger partial charge in [-0.15, -0.1) is 0 Å². The molecule has 4 heteroatoms. The van der Waals surface area contributed by atoms with Gasteiger partial charge in [0.15, 0.2) is 0 Å². The largest absolute Gasteiger partial charge is 0.309 e. The van der Waals surface area contributed by atoms with Gasteiger partial charge < -0.3 is 18.3 Å². The van der Waals surface area contributed by atoms with Crippen molar-refractivity contribution in [2.75, 3.05) is 0 Å². The summed E-state index contributed by atoms with van der Waals surface area (Å²) in [6.45, 7) is 4.60. The van der Waals surface area contributed by atoms with Crippen molar-refractivity contribution in [1.29, 1.82) is 0 Å². The van der Waals surface area contributed by atoms with E-state index in [1.54, 1.807) is 11.1 Å². The molecule has 0 N–H and O–H groups in total. The fourth-order valence-electron chi connectivity index (χ4n) is 18.8. The maximum atomic E-state index is 2.56. The van der Waals surface area contributed by atoms with Crippen LogP contribution in [-0.2, 0) is 18.3 Å². The van der Waals surface area contributed by atoms with E-state index >= 15 is 0 Å². The lowest BCUT2D eigenvalue weighted by molar-refractivity contribution is 0.397. The molecular weight excluding hydrogens is 1290 g/mol. The third-order valence-electron chi connectivity index (χ3n) is 24.1. The van der Waals surface area contributed by atoms with Crippen LogP contribution in [0.25, 0.3) is 143 Å². The lowest BCUT2D eigenvalue weighted by atomic mass is 9.70. The first kappa shape index (κ1) is 66.0. The van der Waals surface area contributed by atoms with Crippen LogP contribution in [0.3, 0.4) is 0 Å². The molecule has 4 heterocycles. The summed E-state index contributed by atoms with van der Waals surface area (Å²) in [4.78, 5) is 0. The summed E-state index contributed by atoms with van der Waals surface area (Å²) < 4.78 is 9.69. The van der Waals surface area contributed by atoms with Gasteiger partial charge >= 0.3 is 0 Å². The Balaban J connectivity index is 0.461. The topological polar surface area (TPSA) is 19.7 Å². The van der Waals surface area contributed by atoms with Crippen molar-refractivity contribution in [2.24, 2.45) is 0 Å². The van der Waals surface area contributed by atoms with E-state index in [2.05, 4.69) is 348 Å². The van der Waals surface area contributed by atoms with Crippen molar-refractivity contribution < 1.29 is 0 Å². The van der Waals surface area contributed by atoms with E-state index in [4.69, 9.17) is 0 Å². The minimum absolute atomic E-state index is 0.0759. The molecule has 522 valence electrons. The van der Waals surface area contributed by atoms with Gasteiger partial charge in [-0.05, 0) is 217 Å². The molecule has 0 amide bonds.